The van der Waals surface area contributed by atoms with Gasteiger partial charge in [0.25, 0.3) is 0 Å². The van der Waals surface area contributed by atoms with Crippen molar-refractivity contribution in [2.24, 2.45) is 0 Å². The molecule has 3 rings (SSSR count). The monoisotopic (exact) mass is 284 g/mol. The van der Waals surface area contributed by atoms with E-state index in [1.807, 2.05) is 48.8 Å². The molecule has 0 saturated heterocycles. The predicted octanol–water partition coefficient (Wildman–Crippen LogP) is 3.74. The minimum atomic E-state index is 0.643. The van der Waals surface area contributed by atoms with Crippen LogP contribution in [0, 0.1) is 0 Å². The predicted molar refractivity (Wildman–Crippen MR) is 80.6 cm³/mol. The van der Waals surface area contributed by atoms with Crippen molar-refractivity contribution in [2.75, 3.05) is 5.32 Å². The highest BCUT2D eigenvalue weighted by molar-refractivity contribution is 6.33. The zero-order valence-corrected chi connectivity index (χ0v) is 11.4. The molecule has 0 aliphatic carbocycles. The molecule has 5 heteroatoms. The van der Waals surface area contributed by atoms with Gasteiger partial charge in [-0.2, -0.15) is 5.10 Å². The molecule has 0 aliphatic rings. The first kappa shape index (κ1) is 12.7. The van der Waals surface area contributed by atoms with Crippen LogP contribution in [0.2, 0.25) is 5.02 Å². The fourth-order valence-electron chi connectivity index (χ4n) is 2.00. The lowest BCUT2D eigenvalue weighted by atomic mass is 10.1. The second kappa shape index (κ2) is 5.75. The highest BCUT2D eigenvalue weighted by Crippen LogP contribution is 2.24. The van der Waals surface area contributed by atoms with Crippen LogP contribution in [0.15, 0.2) is 55.0 Å². The van der Waals surface area contributed by atoms with E-state index in [0.717, 1.165) is 22.5 Å². The first-order chi connectivity index (χ1) is 9.84. The van der Waals surface area contributed by atoms with Crippen LogP contribution in [0.5, 0.6) is 0 Å². The Balaban J connectivity index is 1.80. The molecule has 0 spiro atoms. The molecule has 1 aromatic carbocycles. The zero-order valence-electron chi connectivity index (χ0n) is 10.7. The largest absolute Gasteiger partial charge is 0.380 e. The van der Waals surface area contributed by atoms with E-state index >= 15 is 0 Å². The maximum Gasteiger partial charge on any atom is 0.0715 e. The van der Waals surface area contributed by atoms with E-state index in [1.165, 1.54) is 0 Å². The number of hydrogen-bond donors (Lipinski definition) is 2. The highest BCUT2D eigenvalue weighted by Gasteiger charge is 2.08. The maximum atomic E-state index is 6.13. The van der Waals surface area contributed by atoms with E-state index in [2.05, 4.69) is 20.5 Å². The van der Waals surface area contributed by atoms with Gasteiger partial charge in [-0.15, -0.1) is 0 Å². The number of pyridine rings is 1. The quantitative estimate of drug-likeness (QED) is 0.767. The molecule has 3 aromatic rings. The third-order valence-electron chi connectivity index (χ3n) is 3.01. The average Bonchev–Trinajstić information content (AvgIpc) is 2.96. The van der Waals surface area contributed by atoms with E-state index in [-0.39, 0.29) is 0 Å². The SMILES string of the molecule is Clc1ccccc1NCc1cn[nH]c1-c1cccnc1. The Kier molecular flexibility index (Phi) is 3.65. The molecule has 0 unspecified atom stereocenters. The van der Waals surface area contributed by atoms with Crippen LogP contribution in [-0.2, 0) is 6.54 Å². The van der Waals surface area contributed by atoms with Crippen LogP contribution in [0.3, 0.4) is 0 Å². The normalized spacial score (nSPS) is 10.4. The summed E-state index contributed by atoms with van der Waals surface area (Å²) in [6.07, 6.45) is 5.38. The molecule has 2 heterocycles. The Hall–Kier alpha value is -2.33. The van der Waals surface area contributed by atoms with Gasteiger partial charge in [0.15, 0.2) is 0 Å². The topological polar surface area (TPSA) is 53.6 Å². The summed E-state index contributed by atoms with van der Waals surface area (Å²) >= 11 is 6.13. The maximum absolute atomic E-state index is 6.13. The molecular weight excluding hydrogens is 272 g/mol. The lowest BCUT2D eigenvalue weighted by Gasteiger charge is -2.08. The molecule has 20 heavy (non-hydrogen) atoms. The van der Waals surface area contributed by atoms with Gasteiger partial charge in [-0.3, -0.25) is 10.1 Å². The number of aromatic amines is 1. The molecule has 2 aromatic heterocycles. The van der Waals surface area contributed by atoms with Crippen molar-refractivity contribution < 1.29 is 0 Å². The zero-order chi connectivity index (χ0) is 13.8. The minimum Gasteiger partial charge on any atom is -0.380 e. The summed E-state index contributed by atoms with van der Waals surface area (Å²) in [7, 11) is 0. The Morgan fingerprint density at radius 3 is 2.80 bits per heavy atom. The Morgan fingerprint density at radius 1 is 1.10 bits per heavy atom. The lowest BCUT2D eigenvalue weighted by Crippen LogP contribution is -2.00. The molecule has 0 aliphatic heterocycles. The van der Waals surface area contributed by atoms with Gasteiger partial charge in [-0.05, 0) is 24.3 Å². The lowest BCUT2D eigenvalue weighted by molar-refractivity contribution is 1.09. The van der Waals surface area contributed by atoms with Crippen molar-refractivity contribution in [3.05, 3.63) is 65.6 Å². The third-order valence-corrected chi connectivity index (χ3v) is 3.34. The number of halogens is 1. The van der Waals surface area contributed by atoms with Crippen molar-refractivity contribution in [3.8, 4) is 11.3 Å². The van der Waals surface area contributed by atoms with Crippen molar-refractivity contribution in [1.29, 1.82) is 0 Å². The standard InChI is InChI=1S/C15H13ClN4/c16-13-5-1-2-6-14(13)18-9-12-10-19-20-15(12)11-4-3-7-17-8-11/h1-8,10,18H,9H2,(H,19,20). The third kappa shape index (κ3) is 2.65. The van der Waals surface area contributed by atoms with Gasteiger partial charge >= 0.3 is 0 Å². The van der Waals surface area contributed by atoms with Gasteiger partial charge in [-0.25, -0.2) is 0 Å². The van der Waals surface area contributed by atoms with Gasteiger partial charge in [-0.1, -0.05) is 23.7 Å². The molecule has 0 atom stereocenters. The van der Waals surface area contributed by atoms with E-state index in [1.54, 1.807) is 6.20 Å². The van der Waals surface area contributed by atoms with Crippen LogP contribution >= 0.6 is 11.6 Å². The summed E-state index contributed by atoms with van der Waals surface area (Å²) in [4.78, 5) is 4.12. The summed E-state index contributed by atoms with van der Waals surface area (Å²) in [6.45, 7) is 0.643. The molecule has 0 fully saturated rings. The Morgan fingerprint density at radius 2 is 2.00 bits per heavy atom. The molecule has 100 valence electrons. The number of aromatic nitrogens is 3. The number of H-pyrrole nitrogens is 1. The smallest absolute Gasteiger partial charge is 0.0715 e. The van der Waals surface area contributed by atoms with Gasteiger partial charge in [0.05, 0.1) is 22.6 Å². The fraction of sp³-hybridized carbons (Fsp3) is 0.0667. The van der Waals surface area contributed by atoms with Crippen molar-refractivity contribution in [1.82, 2.24) is 15.2 Å². The number of benzene rings is 1. The van der Waals surface area contributed by atoms with Crippen molar-refractivity contribution >= 4 is 17.3 Å². The molecule has 4 nitrogen and oxygen atoms in total. The number of para-hydroxylation sites is 1. The van der Waals surface area contributed by atoms with Crippen LogP contribution in [0.4, 0.5) is 5.69 Å². The first-order valence-corrected chi connectivity index (χ1v) is 6.63. The average molecular weight is 285 g/mol. The second-order valence-electron chi connectivity index (χ2n) is 4.35. The molecule has 0 amide bonds. The second-order valence-corrected chi connectivity index (χ2v) is 4.75. The molecule has 0 bridgehead atoms. The van der Waals surface area contributed by atoms with Crippen LogP contribution in [0.25, 0.3) is 11.3 Å². The summed E-state index contributed by atoms with van der Waals surface area (Å²) in [5.41, 5.74) is 3.96. The summed E-state index contributed by atoms with van der Waals surface area (Å²) in [5, 5.41) is 11.1. The van der Waals surface area contributed by atoms with E-state index < -0.39 is 0 Å². The Bertz CT molecular complexity index is 694. The van der Waals surface area contributed by atoms with E-state index in [4.69, 9.17) is 11.6 Å². The van der Waals surface area contributed by atoms with Gasteiger partial charge < -0.3 is 5.32 Å². The summed E-state index contributed by atoms with van der Waals surface area (Å²) < 4.78 is 0. The van der Waals surface area contributed by atoms with Gasteiger partial charge in [0, 0.05) is 30.1 Å². The molecular formula is C15H13ClN4. The minimum absolute atomic E-state index is 0.643. The van der Waals surface area contributed by atoms with Crippen LogP contribution in [-0.4, -0.2) is 15.2 Å². The summed E-state index contributed by atoms with van der Waals surface area (Å²) in [6, 6.07) is 11.6. The number of nitrogens with zero attached hydrogens (tertiary/aromatic N) is 2. The number of nitrogens with one attached hydrogen (secondary N) is 2. The number of rotatable bonds is 4. The highest BCUT2D eigenvalue weighted by atomic mass is 35.5. The first-order valence-electron chi connectivity index (χ1n) is 6.25. The number of anilines is 1. The van der Waals surface area contributed by atoms with Crippen molar-refractivity contribution in [3.63, 3.8) is 0 Å². The number of hydrogen-bond acceptors (Lipinski definition) is 3. The molecule has 0 radical (unpaired) electrons. The van der Waals surface area contributed by atoms with Gasteiger partial charge in [0.1, 0.15) is 0 Å². The molecule has 2 N–H and O–H groups in total. The van der Waals surface area contributed by atoms with Crippen LogP contribution in [0.1, 0.15) is 5.56 Å². The fourth-order valence-corrected chi connectivity index (χ4v) is 2.20. The van der Waals surface area contributed by atoms with Crippen molar-refractivity contribution in [2.45, 2.75) is 6.54 Å². The molecule has 0 saturated carbocycles. The van der Waals surface area contributed by atoms with Gasteiger partial charge in [0.2, 0.25) is 0 Å². The van der Waals surface area contributed by atoms with Crippen LogP contribution < -0.4 is 5.32 Å². The van der Waals surface area contributed by atoms with E-state index in [9.17, 15) is 0 Å². The Labute approximate surface area is 121 Å². The van der Waals surface area contributed by atoms with E-state index in [0.29, 0.717) is 11.6 Å². The summed E-state index contributed by atoms with van der Waals surface area (Å²) in [5.74, 6) is 0.